The highest BCUT2D eigenvalue weighted by Gasteiger charge is 2.53. The van der Waals surface area contributed by atoms with E-state index in [2.05, 4.69) is 10.2 Å². The summed E-state index contributed by atoms with van der Waals surface area (Å²) in [5, 5.41) is 40.3. The molecule has 1 heterocycles. The molecule has 11 heteroatoms. The van der Waals surface area contributed by atoms with E-state index in [4.69, 9.17) is 4.74 Å². The number of aromatic nitrogens is 1. The van der Waals surface area contributed by atoms with Crippen LogP contribution in [0.3, 0.4) is 0 Å². The first kappa shape index (κ1) is 28.4. The first-order valence-corrected chi connectivity index (χ1v) is 12.6. The summed E-state index contributed by atoms with van der Waals surface area (Å²) in [5.74, 6) is -1.67. The Labute approximate surface area is 237 Å². The molecule has 5 rings (SSSR count). The number of aromatic carboxylic acids is 1. The van der Waals surface area contributed by atoms with Crippen LogP contribution >= 0.6 is 0 Å². The number of azo groups is 1. The first-order chi connectivity index (χ1) is 20.0. The number of carbonyl (C=O) groups is 1. The number of rotatable bonds is 7. The second kappa shape index (κ2) is 10.7. The second-order valence-electron chi connectivity index (χ2n) is 9.57. The highest BCUT2D eigenvalue weighted by atomic mass is 19.4. The Morgan fingerprint density at radius 1 is 0.881 bits per heavy atom. The number of aromatic hydroxyl groups is 2. The summed E-state index contributed by atoms with van der Waals surface area (Å²) in [6, 6.07) is 23.1. The fourth-order valence-corrected chi connectivity index (χ4v) is 4.66. The van der Waals surface area contributed by atoms with Crippen molar-refractivity contribution in [3.05, 3.63) is 102 Å². The lowest BCUT2D eigenvalue weighted by Crippen LogP contribution is -2.41. The number of benzene rings is 4. The number of alkyl halides is 3. The zero-order valence-electron chi connectivity index (χ0n) is 22.3. The average molecular weight is 576 g/mol. The second-order valence-corrected chi connectivity index (χ2v) is 9.57. The van der Waals surface area contributed by atoms with Crippen molar-refractivity contribution in [2.45, 2.75) is 18.7 Å². The van der Waals surface area contributed by atoms with Crippen molar-refractivity contribution in [1.29, 1.82) is 0 Å². The number of para-hydroxylation sites is 2. The molecule has 5 aromatic rings. The van der Waals surface area contributed by atoms with Crippen molar-refractivity contribution in [3.8, 4) is 28.4 Å². The van der Waals surface area contributed by atoms with Gasteiger partial charge in [-0.25, -0.2) is 4.79 Å². The number of ether oxygens (including phenoxy) is 1. The molecule has 1 aromatic heterocycles. The zero-order chi connectivity index (χ0) is 30.2. The van der Waals surface area contributed by atoms with Gasteiger partial charge in [-0.2, -0.15) is 13.2 Å². The van der Waals surface area contributed by atoms with Crippen LogP contribution in [0.15, 0.2) is 101 Å². The minimum Gasteiger partial charge on any atom is -0.505 e. The molecule has 1 atom stereocenters. The molecule has 0 amide bonds. The summed E-state index contributed by atoms with van der Waals surface area (Å²) in [6.45, 7) is 0.941. The van der Waals surface area contributed by atoms with Crippen LogP contribution < -0.4 is 0 Å². The molecule has 3 N–H and O–H groups in total. The normalized spacial score (nSPS) is 13.5. The van der Waals surface area contributed by atoms with Crippen LogP contribution in [-0.2, 0) is 10.3 Å². The number of methoxy groups -OCH3 is 1. The topological polar surface area (TPSA) is 117 Å². The monoisotopic (exact) mass is 575 g/mol. The lowest BCUT2D eigenvalue weighted by atomic mass is 9.95. The third kappa shape index (κ3) is 4.83. The van der Waals surface area contributed by atoms with E-state index in [-0.39, 0.29) is 34.1 Å². The number of nitrogens with zero attached hydrogens (tertiary/aromatic N) is 3. The highest BCUT2D eigenvalue weighted by molar-refractivity contribution is 5.96. The Bertz CT molecular complexity index is 1830. The molecule has 0 aliphatic carbocycles. The Kier molecular flexibility index (Phi) is 7.21. The number of carboxylic acid groups (broad SMARTS) is 1. The Morgan fingerprint density at radius 3 is 2.24 bits per heavy atom. The lowest BCUT2D eigenvalue weighted by molar-refractivity contribution is -0.269. The van der Waals surface area contributed by atoms with Gasteiger partial charge < -0.3 is 20.1 Å². The Morgan fingerprint density at radius 2 is 1.57 bits per heavy atom. The maximum absolute atomic E-state index is 13.7. The van der Waals surface area contributed by atoms with Crippen LogP contribution in [0, 0.1) is 0 Å². The summed E-state index contributed by atoms with van der Waals surface area (Å²) in [5.41, 5.74) is -0.744. The smallest absolute Gasteiger partial charge is 0.421 e. The minimum absolute atomic E-state index is 0.0509. The van der Waals surface area contributed by atoms with Crippen molar-refractivity contribution in [1.82, 2.24) is 4.57 Å². The number of phenols is 1. The SMILES string of the molecule is COC(C)(c1ccc(-n2c(O)c(N=Nc3cccc(-c4cccc(C(=O)O)c4)c3O)c3ccccc32)cc1)C(F)(F)F. The van der Waals surface area contributed by atoms with Gasteiger partial charge in [-0.1, -0.05) is 54.6 Å². The molecule has 0 saturated heterocycles. The van der Waals surface area contributed by atoms with Gasteiger partial charge >= 0.3 is 12.1 Å². The molecular formula is C31H24F3N3O5. The predicted octanol–water partition coefficient (Wildman–Crippen LogP) is 8.25. The lowest BCUT2D eigenvalue weighted by Gasteiger charge is -2.31. The zero-order valence-corrected chi connectivity index (χ0v) is 22.3. The molecule has 0 spiro atoms. The molecular weight excluding hydrogens is 551 g/mol. The van der Waals surface area contributed by atoms with Crippen LogP contribution in [0.5, 0.6) is 11.6 Å². The summed E-state index contributed by atoms with van der Waals surface area (Å²) in [4.78, 5) is 11.4. The summed E-state index contributed by atoms with van der Waals surface area (Å²) in [7, 11) is 0.991. The fourth-order valence-electron chi connectivity index (χ4n) is 4.66. The third-order valence-corrected chi connectivity index (χ3v) is 7.14. The van der Waals surface area contributed by atoms with E-state index in [1.807, 2.05) is 0 Å². The van der Waals surface area contributed by atoms with Crippen molar-refractivity contribution >= 4 is 28.2 Å². The first-order valence-electron chi connectivity index (χ1n) is 12.6. The molecule has 0 saturated carbocycles. The molecule has 214 valence electrons. The maximum Gasteiger partial charge on any atom is 0.421 e. The summed E-state index contributed by atoms with van der Waals surface area (Å²) < 4.78 is 47.3. The van der Waals surface area contributed by atoms with E-state index >= 15 is 0 Å². The van der Waals surface area contributed by atoms with Crippen LogP contribution in [-0.4, -0.2) is 39.1 Å². The van der Waals surface area contributed by atoms with Gasteiger partial charge in [0.25, 0.3) is 0 Å². The number of carboxylic acids is 1. The molecule has 0 fully saturated rings. The Balaban J connectivity index is 1.56. The number of fused-ring (bicyclic) bond motifs is 1. The van der Waals surface area contributed by atoms with E-state index in [1.165, 1.54) is 47.0 Å². The third-order valence-electron chi connectivity index (χ3n) is 7.14. The van der Waals surface area contributed by atoms with E-state index < -0.39 is 17.7 Å². The van der Waals surface area contributed by atoms with Crippen molar-refractivity contribution in [3.63, 3.8) is 0 Å². The molecule has 0 radical (unpaired) electrons. The summed E-state index contributed by atoms with van der Waals surface area (Å²) >= 11 is 0. The largest absolute Gasteiger partial charge is 0.505 e. The van der Waals surface area contributed by atoms with Gasteiger partial charge in [0.15, 0.2) is 17.0 Å². The van der Waals surface area contributed by atoms with E-state index in [0.717, 1.165) is 14.0 Å². The highest BCUT2D eigenvalue weighted by Crippen LogP contribution is 2.45. The summed E-state index contributed by atoms with van der Waals surface area (Å²) in [6.07, 6.45) is -4.65. The molecule has 42 heavy (non-hydrogen) atoms. The van der Waals surface area contributed by atoms with Crippen LogP contribution in [0.1, 0.15) is 22.8 Å². The van der Waals surface area contributed by atoms with Crippen LogP contribution in [0.4, 0.5) is 24.5 Å². The van der Waals surface area contributed by atoms with Crippen molar-refractivity contribution < 1.29 is 38.0 Å². The van der Waals surface area contributed by atoms with Crippen LogP contribution in [0.25, 0.3) is 27.7 Å². The van der Waals surface area contributed by atoms with Gasteiger partial charge in [0, 0.05) is 23.7 Å². The van der Waals surface area contributed by atoms with Crippen LogP contribution in [0.2, 0.25) is 0 Å². The number of hydrogen-bond acceptors (Lipinski definition) is 6. The van der Waals surface area contributed by atoms with E-state index in [1.54, 1.807) is 48.5 Å². The molecule has 4 aromatic carbocycles. The van der Waals surface area contributed by atoms with Gasteiger partial charge in [0.2, 0.25) is 5.88 Å². The molecule has 1 unspecified atom stereocenters. The van der Waals surface area contributed by atoms with Gasteiger partial charge in [-0.3, -0.25) is 4.57 Å². The van der Waals surface area contributed by atoms with Gasteiger partial charge in [-0.05, 0) is 54.4 Å². The average Bonchev–Trinajstić information content (AvgIpc) is 3.26. The molecule has 0 aliphatic heterocycles. The van der Waals surface area contributed by atoms with Crippen molar-refractivity contribution in [2.75, 3.05) is 7.11 Å². The van der Waals surface area contributed by atoms with Gasteiger partial charge in [0.1, 0.15) is 5.69 Å². The minimum atomic E-state index is -4.65. The standard InChI is InChI=1S/C31H24F3N3O5/c1-30(42-2,31(32,33)34)20-13-15-21(16-14-20)37-25-12-4-3-9-23(25)26(28(37)39)36-35-24-11-6-10-22(27(24)38)18-7-5-8-19(17-18)29(40)41/h3-17,38-39H,1-2H3,(H,40,41). The molecule has 0 aliphatic rings. The molecule has 0 bridgehead atoms. The van der Waals surface area contributed by atoms with Gasteiger partial charge in [-0.15, -0.1) is 10.2 Å². The Hall–Kier alpha value is -5.16. The van der Waals surface area contributed by atoms with Crippen molar-refractivity contribution in [2.24, 2.45) is 10.2 Å². The number of hydrogen-bond donors (Lipinski definition) is 3. The fraction of sp³-hybridized carbons (Fsp3) is 0.129. The maximum atomic E-state index is 13.7. The predicted molar refractivity (Wildman–Crippen MR) is 150 cm³/mol. The van der Waals surface area contributed by atoms with E-state index in [0.29, 0.717) is 27.7 Å². The molecule has 8 nitrogen and oxygen atoms in total. The number of halogens is 3. The number of phenolic OH excluding ortho intramolecular Hbond substituents is 1. The van der Waals surface area contributed by atoms with E-state index in [9.17, 15) is 33.3 Å². The van der Waals surface area contributed by atoms with Gasteiger partial charge in [0.05, 0.1) is 11.1 Å². The quantitative estimate of drug-likeness (QED) is 0.169.